The van der Waals surface area contributed by atoms with Crippen molar-refractivity contribution in [2.75, 3.05) is 7.11 Å². The average molecular weight is 338 g/mol. The minimum absolute atomic E-state index is 0.0941. The van der Waals surface area contributed by atoms with Gasteiger partial charge >= 0.3 is 12.1 Å². The van der Waals surface area contributed by atoms with E-state index in [0.29, 0.717) is 22.0 Å². The number of hydrogen-bond donors (Lipinski definition) is 2. The van der Waals surface area contributed by atoms with Gasteiger partial charge in [0.1, 0.15) is 5.76 Å². The number of nitrogens with one attached hydrogen (secondary N) is 1. The van der Waals surface area contributed by atoms with Crippen LogP contribution in [0.25, 0.3) is 0 Å². The molecule has 0 bridgehead atoms. The molecular weight excluding hydrogens is 322 g/mol. The summed E-state index contributed by atoms with van der Waals surface area (Å²) in [4.78, 5) is 23.3. The number of carbonyl (C=O) groups excluding carboxylic acids is 1. The van der Waals surface area contributed by atoms with Crippen molar-refractivity contribution in [2.24, 2.45) is 0 Å². The molecule has 0 aliphatic carbocycles. The van der Waals surface area contributed by atoms with Crippen LogP contribution in [0.15, 0.2) is 47.0 Å². The van der Waals surface area contributed by atoms with Gasteiger partial charge in [-0.05, 0) is 25.5 Å². The molecule has 0 saturated carbocycles. The maximum Gasteiger partial charge on any atom is 0.511 e. The molecular formula is C16H16ClNO5. The van der Waals surface area contributed by atoms with Crippen LogP contribution < -0.4 is 5.32 Å². The average Bonchev–Trinajstić information content (AvgIpc) is 2.49. The molecule has 1 heterocycles. The van der Waals surface area contributed by atoms with E-state index in [2.05, 4.69) is 5.32 Å². The van der Waals surface area contributed by atoms with Gasteiger partial charge in [-0.15, -0.1) is 0 Å². The third-order valence-electron chi connectivity index (χ3n) is 3.52. The number of dihydropyridines is 1. The van der Waals surface area contributed by atoms with Gasteiger partial charge in [0.15, 0.2) is 0 Å². The van der Waals surface area contributed by atoms with Crippen LogP contribution in [0.5, 0.6) is 0 Å². The molecule has 1 aromatic rings. The summed E-state index contributed by atoms with van der Waals surface area (Å²) in [5, 5.41) is 12.4. The molecule has 2 N–H and O–H groups in total. The maximum atomic E-state index is 12.2. The van der Waals surface area contributed by atoms with Crippen LogP contribution in [-0.4, -0.2) is 24.3 Å². The fourth-order valence-corrected chi connectivity index (χ4v) is 2.84. The van der Waals surface area contributed by atoms with Gasteiger partial charge in [0.25, 0.3) is 0 Å². The summed E-state index contributed by atoms with van der Waals surface area (Å²) in [6.07, 6.45) is -1.47. The molecule has 2 rings (SSSR count). The molecule has 0 fully saturated rings. The van der Waals surface area contributed by atoms with Gasteiger partial charge in [-0.3, -0.25) is 0 Å². The van der Waals surface area contributed by atoms with Gasteiger partial charge in [-0.25, -0.2) is 9.59 Å². The molecule has 1 unspecified atom stereocenters. The lowest BCUT2D eigenvalue weighted by molar-refractivity contribution is -0.136. The molecule has 0 saturated heterocycles. The normalized spacial score (nSPS) is 17.7. The third-order valence-corrected chi connectivity index (χ3v) is 3.86. The number of carbonyl (C=O) groups is 2. The molecule has 0 aromatic heterocycles. The molecule has 7 heteroatoms. The predicted octanol–water partition coefficient (Wildman–Crippen LogP) is 3.40. The summed E-state index contributed by atoms with van der Waals surface area (Å²) in [6, 6.07) is 6.88. The smallest absolute Gasteiger partial charge is 0.466 e. The standard InChI is InChI=1S/C16H16ClNO5/c1-8-12(15(19)22-3)13(10-6-4-5-7-11(10)17)14(9(2)18-8)23-16(20)21/h4-7,13,18H,1-3H3,(H,20,21). The Morgan fingerprint density at radius 1 is 1.22 bits per heavy atom. The lowest BCUT2D eigenvalue weighted by Crippen LogP contribution is -2.30. The lowest BCUT2D eigenvalue weighted by atomic mass is 9.85. The highest BCUT2D eigenvalue weighted by molar-refractivity contribution is 6.31. The van der Waals surface area contributed by atoms with Gasteiger partial charge < -0.3 is 19.9 Å². The summed E-state index contributed by atoms with van der Waals surface area (Å²) >= 11 is 6.25. The van der Waals surface area contributed by atoms with Crippen molar-refractivity contribution in [1.82, 2.24) is 5.32 Å². The van der Waals surface area contributed by atoms with Crippen LogP contribution in [0, 0.1) is 0 Å². The molecule has 6 nitrogen and oxygen atoms in total. The number of methoxy groups -OCH3 is 1. The topological polar surface area (TPSA) is 84.9 Å². The highest BCUT2D eigenvalue weighted by Crippen LogP contribution is 2.41. The van der Waals surface area contributed by atoms with E-state index >= 15 is 0 Å². The van der Waals surface area contributed by atoms with Gasteiger partial charge in [0, 0.05) is 10.7 Å². The largest absolute Gasteiger partial charge is 0.511 e. The number of benzene rings is 1. The highest BCUT2D eigenvalue weighted by atomic mass is 35.5. The molecule has 0 radical (unpaired) electrons. The second kappa shape index (κ2) is 6.75. The van der Waals surface area contributed by atoms with E-state index in [1.165, 1.54) is 7.11 Å². The predicted molar refractivity (Wildman–Crippen MR) is 83.9 cm³/mol. The van der Waals surface area contributed by atoms with E-state index in [0.717, 1.165) is 0 Å². The van der Waals surface area contributed by atoms with Gasteiger partial charge in [-0.2, -0.15) is 0 Å². The molecule has 1 aliphatic heterocycles. The zero-order chi connectivity index (χ0) is 17.1. The monoisotopic (exact) mass is 337 g/mol. The Kier molecular flexibility index (Phi) is 4.95. The maximum absolute atomic E-state index is 12.2. The van der Waals surface area contributed by atoms with E-state index in [9.17, 15) is 9.59 Å². The Morgan fingerprint density at radius 3 is 2.43 bits per heavy atom. The van der Waals surface area contributed by atoms with Gasteiger partial charge in [0.2, 0.25) is 0 Å². The van der Waals surface area contributed by atoms with Gasteiger partial charge in [-0.1, -0.05) is 29.8 Å². The Balaban J connectivity index is 2.67. The fourth-order valence-electron chi connectivity index (χ4n) is 2.59. The zero-order valence-corrected chi connectivity index (χ0v) is 13.6. The van der Waals surface area contributed by atoms with E-state index < -0.39 is 18.0 Å². The third kappa shape index (κ3) is 3.32. The number of allylic oxidation sites excluding steroid dienone is 3. The molecule has 23 heavy (non-hydrogen) atoms. The first-order valence-corrected chi connectivity index (χ1v) is 7.16. The van der Waals surface area contributed by atoms with Crippen molar-refractivity contribution in [2.45, 2.75) is 19.8 Å². The first-order valence-electron chi connectivity index (χ1n) is 6.78. The molecule has 0 spiro atoms. The van der Waals surface area contributed by atoms with Gasteiger partial charge in [0.05, 0.1) is 24.3 Å². The molecule has 1 aliphatic rings. The van der Waals surface area contributed by atoms with Crippen molar-refractivity contribution < 1.29 is 24.2 Å². The second-order valence-corrected chi connectivity index (χ2v) is 5.37. The van der Waals surface area contributed by atoms with Crippen molar-refractivity contribution >= 4 is 23.7 Å². The minimum atomic E-state index is -1.47. The summed E-state index contributed by atoms with van der Waals surface area (Å²) in [5.41, 5.74) is 1.85. The zero-order valence-electron chi connectivity index (χ0n) is 12.8. The number of esters is 1. The number of rotatable bonds is 3. The second-order valence-electron chi connectivity index (χ2n) is 4.97. The summed E-state index contributed by atoms with van der Waals surface area (Å²) < 4.78 is 9.77. The van der Waals surface area contributed by atoms with Crippen molar-refractivity contribution in [3.8, 4) is 0 Å². The Morgan fingerprint density at radius 2 is 1.87 bits per heavy atom. The van der Waals surface area contributed by atoms with Crippen LogP contribution >= 0.6 is 11.6 Å². The van der Waals surface area contributed by atoms with E-state index in [1.54, 1.807) is 38.1 Å². The summed E-state index contributed by atoms with van der Waals surface area (Å²) in [7, 11) is 1.26. The number of halogens is 1. The Hall–Kier alpha value is -2.47. The van der Waals surface area contributed by atoms with Crippen molar-refractivity contribution in [1.29, 1.82) is 0 Å². The van der Waals surface area contributed by atoms with E-state index in [4.69, 9.17) is 26.2 Å². The molecule has 1 aromatic carbocycles. The van der Waals surface area contributed by atoms with Crippen LogP contribution in [0.1, 0.15) is 25.3 Å². The highest BCUT2D eigenvalue weighted by Gasteiger charge is 2.37. The number of ether oxygens (including phenoxy) is 2. The van der Waals surface area contributed by atoms with Crippen LogP contribution in [0.2, 0.25) is 5.02 Å². The van der Waals surface area contributed by atoms with Crippen LogP contribution in [-0.2, 0) is 14.3 Å². The van der Waals surface area contributed by atoms with E-state index in [1.807, 2.05) is 0 Å². The fraction of sp³-hybridized carbons (Fsp3) is 0.250. The Bertz CT molecular complexity index is 723. The minimum Gasteiger partial charge on any atom is -0.466 e. The van der Waals surface area contributed by atoms with Crippen molar-refractivity contribution in [3.05, 3.63) is 57.6 Å². The van der Waals surface area contributed by atoms with Crippen LogP contribution in [0.3, 0.4) is 0 Å². The van der Waals surface area contributed by atoms with Crippen LogP contribution in [0.4, 0.5) is 4.79 Å². The summed E-state index contributed by atoms with van der Waals surface area (Å²) in [6.45, 7) is 3.37. The molecule has 122 valence electrons. The number of hydrogen-bond acceptors (Lipinski definition) is 5. The van der Waals surface area contributed by atoms with E-state index in [-0.39, 0.29) is 11.3 Å². The first-order chi connectivity index (χ1) is 10.9. The molecule has 1 atom stereocenters. The lowest BCUT2D eigenvalue weighted by Gasteiger charge is -2.30. The summed E-state index contributed by atoms with van der Waals surface area (Å²) in [5.74, 6) is -1.26. The SMILES string of the molecule is COC(=O)C1=C(C)NC(C)=C(OC(=O)O)C1c1ccccc1Cl. The Labute approximate surface area is 138 Å². The van der Waals surface area contributed by atoms with Crippen molar-refractivity contribution in [3.63, 3.8) is 0 Å². The molecule has 0 amide bonds. The number of carboxylic acid groups (broad SMARTS) is 1. The quantitative estimate of drug-likeness (QED) is 0.822. The first kappa shape index (κ1) is 16.9.